The van der Waals surface area contributed by atoms with Crippen LogP contribution >= 0.6 is 0 Å². The summed E-state index contributed by atoms with van der Waals surface area (Å²) in [5.74, 6) is -3.42. The lowest BCUT2D eigenvalue weighted by molar-refractivity contribution is -0.289. The van der Waals surface area contributed by atoms with Crippen molar-refractivity contribution in [1.82, 2.24) is 0 Å². The van der Waals surface area contributed by atoms with Gasteiger partial charge >= 0.3 is 12.4 Å². The van der Waals surface area contributed by atoms with E-state index in [4.69, 9.17) is 5.73 Å². The maximum atomic E-state index is 12.2. The Labute approximate surface area is 96.4 Å². The molecule has 0 heterocycles. The lowest BCUT2D eigenvalue weighted by Crippen LogP contribution is -2.48. The van der Waals surface area contributed by atoms with E-state index in [-0.39, 0.29) is 12.8 Å². The Morgan fingerprint density at radius 1 is 0.882 bits per heavy atom. The monoisotopic (exact) mass is 265 g/mol. The second kappa shape index (κ2) is 6.47. The summed E-state index contributed by atoms with van der Waals surface area (Å²) in [5, 5.41) is 0. The van der Waals surface area contributed by atoms with Gasteiger partial charge in [0, 0.05) is 6.04 Å². The Morgan fingerprint density at radius 3 is 1.71 bits per heavy atom. The first-order valence-electron chi connectivity index (χ1n) is 5.49. The van der Waals surface area contributed by atoms with Crippen molar-refractivity contribution < 1.29 is 26.3 Å². The molecule has 0 spiro atoms. The second-order valence-corrected chi connectivity index (χ2v) is 4.07. The average molecular weight is 265 g/mol. The number of rotatable bonds is 6. The van der Waals surface area contributed by atoms with Crippen molar-refractivity contribution in [3.63, 3.8) is 0 Å². The van der Waals surface area contributed by atoms with E-state index in [0.29, 0.717) is 6.42 Å². The van der Waals surface area contributed by atoms with Gasteiger partial charge in [0.2, 0.25) is 0 Å². The first-order chi connectivity index (χ1) is 7.60. The molecule has 0 aliphatic heterocycles. The number of halogens is 6. The first-order valence-corrected chi connectivity index (χ1v) is 5.49. The summed E-state index contributed by atoms with van der Waals surface area (Å²) < 4.78 is 73.5. The summed E-state index contributed by atoms with van der Waals surface area (Å²) in [6.07, 6.45) is -8.38. The van der Waals surface area contributed by atoms with Gasteiger partial charge < -0.3 is 5.73 Å². The third-order valence-corrected chi connectivity index (χ3v) is 2.52. The van der Waals surface area contributed by atoms with E-state index in [9.17, 15) is 26.3 Å². The fourth-order valence-corrected chi connectivity index (χ4v) is 1.64. The molecular weight excluding hydrogens is 248 g/mol. The van der Waals surface area contributed by atoms with E-state index in [2.05, 4.69) is 0 Å². The molecule has 1 unspecified atom stereocenters. The van der Waals surface area contributed by atoms with Gasteiger partial charge in [0.05, 0.1) is 0 Å². The highest BCUT2D eigenvalue weighted by molar-refractivity contribution is 4.84. The molecule has 104 valence electrons. The molecule has 0 aliphatic rings. The summed E-state index contributed by atoms with van der Waals surface area (Å²) in [6, 6.07) is -1.91. The summed E-state index contributed by atoms with van der Waals surface area (Å²) in [4.78, 5) is 0. The van der Waals surface area contributed by atoms with Crippen LogP contribution < -0.4 is 5.73 Å². The Bertz CT molecular complexity index is 196. The van der Waals surface area contributed by atoms with E-state index < -0.39 is 24.3 Å². The van der Waals surface area contributed by atoms with E-state index >= 15 is 0 Å². The van der Waals surface area contributed by atoms with Gasteiger partial charge in [-0.3, -0.25) is 0 Å². The molecule has 0 aromatic rings. The predicted molar refractivity (Wildman–Crippen MR) is 52.3 cm³/mol. The Balaban J connectivity index is 4.41. The normalized spacial score (nSPS) is 15.4. The fraction of sp³-hybridized carbons (Fsp3) is 1.00. The quantitative estimate of drug-likeness (QED) is 0.569. The van der Waals surface area contributed by atoms with Gasteiger partial charge in [-0.15, -0.1) is 0 Å². The smallest absolute Gasteiger partial charge is 0.327 e. The highest BCUT2D eigenvalue weighted by Gasteiger charge is 2.59. The van der Waals surface area contributed by atoms with Crippen LogP contribution in [0.25, 0.3) is 0 Å². The molecule has 0 rings (SSSR count). The second-order valence-electron chi connectivity index (χ2n) is 4.07. The van der Waals surface area contributed by atoms with Crippen LogP contribution in [0.1, 0.15) is 39.0 Å². The van der Waals surface area contributed by atoms with Crippen LogP contribution in [-0.4, -0.2) is 18.4 Å². The zero-order valence-corrected chi connectivity index (χ0v) is 9.54. The van der Waals surface area contributed by atoms with Crippen molar-refractivity contribution in [2.24, 2.45) is 11.7 Å². The van der Waals surface area contributed by atoms with Crippen molar-refractivity contribution in [2.75, 3.05) is 0 Å². The van der Waals surface area contributed by atoms with Gasteiger partial charge in [-0.1, -0.05) is 32.6 Å². The largest absolute Gasteiger partial charge is 0.401 e. The Morgan fingerprint density at radius 2 is 1.35 bits per heavy atom. The van der Waals surface area contributed by atoms with Crippen LogP contribution in [0.5, 0.6) is 0 Å². The minimum Gasteiger partial charge on any atom is -0.327 e. The molecule has 1 atom stereocenters. The molecule has 7 heteroatoms. The van der Waals surface area contributed by atoms with E-state index in [1.165, 1.54) is 0 Å². The topological polar surface area (TPSA) is 26.0 Å². The number of unbranched alkanes of at least 4 members (excludes halogenated alkanes) is 3. The van der Waals surface area contributed by atoms with Crippen molar-refractivity contribution >= 4 is 0 Å². The number of hydrogen-bond acceptors (Lipinski definition) is 1. The summed E-state index contributed by atoms with van der Waals surface area (Å²) in [7, 11) is 0. The van der Waals surface area contributed by atoms with Crippen LogP contribution in [0, 0.1) is 5.92 Å². The molecule has 0 bridgehead atoms. The zero-order chi connectivity index (χ0) is 13.7. The molecule has 0 amide bonds. The third kappa shape index (κ3) is 6.14. The number of hydrogen-bond donors (Lipinski definition) is 1. The van der Waals surface area contributed by atoms with Crippen LogP contribution in [0.15, 0.2) is 0 Å². The van der Waals surface area contributed by atoms with Crippen molar-refractivity contribution in [1.29, 1.82) is 0 Å². The lowest BCUT2D eigenvalue weighted by Gasteiger charge is -2.28. The van der Waals surface area contributed by atoms with Crippen LogP contribution in [-0.2, 0) is 0 Å². The van der Waals surface area contributed by atoms with Crippen molar-refractivity contribution in [3.8, 4) is 0 Å². The molecule has 0 radical (unpaired) electrons. The summed E-state index contributed by atoms with van der Waals surface area (Å²) in [5.41, 5.74) is 5.03. The summed E-state index contributed by atoms with van der Waals surface area (Å²) in [6.45, 7) is 1.90. The van der Waals surface area contributed by atoms with Gasteiger partial charge in [0.25, 0.3) is 0 Å². The highest BCUT2D eigenvalue weighted by atomic mass is 19.4. The highest BCUT2D eigenvalue weighted by Crippen LogP contribution is 2.41. The molecule has 0 aliphatic carbocycles. The lowest BCUT2D eigenvalue weighted by atomic mass is 9.94. The average Bonchev–Trinajstić information content (AvgIpc) is 2.07. The fourth-order valence-electron chi connectivity index (χ4n) is 1.64. The van der Waals surface area contributed by atoms with Crippen molar-refractivity contribution in [2.45, 2.75) is 57.4 Å². The molecule has 0 aromatic heterocycles. The minimum atomic E-state index is -5.33. The van der Waals surface area contributed by atoms with Crippen LogP contribution in [0.4, 0.5) is 26.3 Å². The van der Waals surface area contributed by atoms with E-state index in [0.717, 1.165) is 12.8 Å². The predicted octanol–water partition coefficient (Wildman–Crippen LogP) is 4.02. The van der Waals surface area contributed by atoms with E-state index in [1.807, 2.05) is 6.92 Å². The third-order valence-electron chi connectivity index (χ3n) is 2.52. The van der Waals surface area contributed by atoms with Gasteiger partial charge in [-0.2, -0.15) is 26.3 Å². The molecule has 0 saturated heterocycles. The number of nitrogens with two attached hydrogens (primary N) is 1. The number of alkyl halides is 6. The molecule has 0 aromatic carbocycles. The standard InChI is InChI=1S/C10H17F6N/c1-2-3-4-5-6-7(17)8(9(11,12)13)10(14,15)16/h7-8H,2-6,17H2,1H3. The molecular formula is C10H17F6N. The Hall–Kier alpha value is -0.460. The van der Waals surface area contributed by atoms with Gasteiger partial charge in [-0.05, 0) is 6.42 Å². The van der Waals surface area contributed by atoms with Crippen LogP contribution in [0.3, 0.4) is 0 Å². The van der Waals surface area contributed by atoms with E-state index in [1.54, 1.807) is 0 Å². The first kappa shape index (κ1) is 16.5. The molecule has 0 fully saturated rings. The van der Waals surface area contributed by atoms with Gasteiger partial charge in [0.1, 0.15) is 0 Å². The van der Waals surface area contributed by atoms with Gasteiger partial charge in [0.15, 0.2) is 5.92 Å². The SMILES string of the molecule is CCCCCCC(N)C(C(F)(F)F)C(F)(F)F. The van der Waals surface area contributed by atoms with Crippen LogP contribution in [0.2, 0.25) is 0 Å². The zero-order valence-electron chi connectivity index (χ0n) is 9.54. The Kier molecular flexibility index (Phi) is 6.29. The molecule has 1 nitrogen and oxygen atoms in total. The van der Waals surface area contributed by atoms with Crippen molar-refractivity contribution in [3.05, 3.63) is 0 Å². The molecule has 2 N–H and O–H groups in total. The molecule has 0 saturated carbocycles. The molecule has 17 heavy (non-hydrogen) atoms. The summed E-state index contributed by atoms with van der Waals surface area (Å²) >= 11 is 0. The maximum Gasteiger partial charge on any atom is 0.401 e. The maximum absolute atomic E-state index is 12.2. The minimum absolute atomic E-state index is 0.260. The van der Waals surface area contributed by atoms with Gasteiger partial charge in [-0.25, -0.2) is 0 Å².